The highest BCUT2D eigenvalue weighted by molar-refractivity contribution is 6.30. The first-order chi connectivity index (χ1) is 7.08. The van der Waals surface area contributed by atoms with Crippen molar-refractivity contribution in [1.29, 1.82) is 0 Å². The lowest BCUT2D eigenvalue weighted by Crippen LogP contribution is -2.34. The molecule has 0 bridgehead atoms. The Balaban J connectivity index is 2.41. The molecule has 1 N–H and O–H groups in total. The number of carboxylic acids is 1. The van der Waals surface area contributed by atoms with Gasteiger partial charge < -0.3 is 9.84 Å². The van der Waals surface area contributed by atoms with Crippen LogP contribution in [-0.2, 0) is 16.0 Å². The Bertz CT molecular complexity index is 441. The van der Waals surface area contributed by atoms with Gasteiger partial charge in [-0.1, -0.05) is 11.6 Å². The number of carbonyl (C=O) groups excluding carboxylic acids is 1. The summed E-state index contributed by atoms with van der Waals surface area (Å²) in [5, 5.41) is 9.22. The van der Waals surface area contributed by atoms with Gasteiger partial charge >= 0.3 is 11.9 Å². The van der Waals surface area contributed by atoms with Gasteiger partial charge in [0.25, 0.3) is 0 Å². The van der Waals surface area contributed by atoms with Crippen LogP contribution in [0.4, 0.5) is 0 Å². The van der Waals surface area contributed by atoms with Crippen molar-refractivity contribution in [1.82, 2.24) is 0 Å². The van der Waals surface area contributed by atoms with Crippen molar-refractivity contribution >= 4 is 23.5 Å². The molecule has 0 aliphatic carbocycles. The molecule has 2 rings (SSSR count). The highest BCUT2D eigenvalue weighted by Crippen LogP contribution is 2.23. The zero-order chi connectivity index (χ0) is 11.0. The molecule has 0 saturated carbocycles. The Morgan fingerprint density at radius 2 is 2.27 bits per heavy atom. The maximum atomic E-state index is 11.4. The smallest absolute Gasteiger partial charge is 0.345 e. The number of fused-ring (bicyclic) bond motifs is 1. The van der Waals surface area contributed by atoms with Crippen LogP contribution >= 0.6 is 11.6 Å². The van der Waals surface area contributed by atoms with Gasteiger partial charge in [-0.2, -0.15) is 0 Å². The lowest BCUT2D eigenvalue weighted by atomic mass is 9.99. The molecule has 0 saturated heterocycles. The zero-order valence-electron chi connectivity index (χ0n) is 7.57. The Labute approximate surface area is 90.4 Å². The summed E-state index contributed by atoms with van der Waals surface area (Å²) in [4.78, 5) is 22.1. The number of aliphatic carboxylic acids is 1. The summed E-state index contributed by atoms with van der Waals surface area (Å²) in [6.07, 6.45) is -0.944. The molecule has 0 radical (unpaired) electrons. The molecule has 0 amide bonds. The standard InChI is InChI=1S/C10H7ClO4/c11-6-1-2-7-5(3-6)4-8(9(12)13)15-10(7)14/h1-3,8H,4H2,(H,12,13)/t8-/m0/s1. The van der Waals surface area contributed by atoms with Crippen LogP contribution in [-0.4, -0.2) is 23.1 Å². The molecule has 1 aromatic rings. The third-order valence-corrected chi connectivity index (χ3v) is 2.45. The van der Waals surface area contributed by atoms with Crippen LogP contribution in [0.2, 0.25) is 5.02 Å². The number of benzene rings is 1. The molecule has 78 valence electrons. The molecule has 1 heterocycles. The number of ether oxygens (including phenoxy) is 1. The molecule has 1 atom stereocenters. The number of cyclic esters (lactones) is 1. The van der Waals surface area contributed by atoms with E-state index >= 15 is 0 Å². The molecule has 4 nitrogen and oxygen atoms in total. The molecule has 1 aliphatic heterocycles. The Morgan fingerprint density at radius 3 is 2.93 bits per heavy atom. The minimum Gasteiger partial charge on any atom is -0.478 e. The SMILES string of the molecule is O=C1O[C@H](C(=O)O)Cc2cc(Cl)ccc21. The first-order valence-electron chi connectivity index (χ1n) is 4.30. The fourth-order valence-electron chi connectivity index (χ4n) is 1.50. The van der Waals surface area contributed by atoms with E-state index in [1.165, 1.54) is 6.07 Å². The molecule has 1 aromatic carbocycles. The molecule has 0 fully saturated rings. The van der Waals surface area contributed by atoms with Crippen molar-refractivity contribution in [2.45, 2.75) is 12.5 Å². The van der Waals surface area contributed by atoms with E-state index in [1.807, 2.05) is 0 Å². The molecular weight excluding hydrogens is 220 g/mol. The largest absolute Gasteiger partial charge is 0.478 e. The van der Waals surface area contributed by atoms with Crippen LogP contribution in [0, 0.1) is 0 Å². The van der Waals surface area contributed by atoms with Crippen molar-refractivity contribution in [3.8, 4) is 0 Å². The number of hydrogen-bond acceptors (Lipinski definition) is 3. The fourth-order valence-corrected chi connectivity index (χ4v) is 1.70. The van der Waals surface area contributed by atoms with E-state index in [1.54, 1.807) is 12.1 Å². The third kappa shape index (κ3) is 1.80. The van der Waals surface area contributed by atoms with Crippen LogP contribution in [0.15, 0.2) is 18.2 Å². The quantitative estimate of drug-likeness (QED) is 0.738. The number of carbonyl (C=O) groups is 2. The maximum absolute atomic E-state index is 11.4. The number of rotatable bonds is 1. The predicted molar refractivity (Wildman–Crippen MR) is 52.0 cm³/mol. The minimum absolute atomic E-state index is 0.164. The average molecular weight is 227 g/mol. The number of esters is 1. The Morgan fingerprint density at radius 1 is 1.53 bits per heavy atom. The van der Waals surface area contributed by atoms with Crippen LogP contribution in [0.5, 0.6) is 0 Å². The van der Waals surface area contributed by atoms with Gasteiger partial charge in [-0.15, -0.1) is 0 Å². The van der Waals surface area contributed by atoms with Gasteiger partial charge in [0, 0.05) is 11.4 Å². The lowest BCUT2D eigenvalue weighted by molar-refractivity contribution is -0.147. The van der Waals surface area contributed by atoms with Gasteiger partial charge in [0.1, 0.15) is 0 Å². The van der Waals surface area contributed by atoms with Crippen molar-refractivity contribution in [2.75, 3.05) is 0 Å². The molecule has 0 spiro atoms. The summed E-state index contributed by atoms with van der Waals surface area (Å²) >= 11 is 5.75. The minimum atomic E-state index is -1.14. The van der Waals surface area contributed by atoms with E-state index in [4.69, 9.17) is 21.4 Å². The van der Waals surface area contributed by atoms with Gasteiger partial charge in [-0.25, -0.2) is 9.59 Å². The van der Waals surface area contributed by atoms with E-state index < -0.39 is 18.0 Å². The van der Waals surface area contributed by atoms with E-state index in [0.29, 0.717) is 16.1 Å². The van der Waals surface area contributed by atoms with Gasteiger partial charge in [0.2, 0.25) is 6.10 Å². The summed E-state index contributed by atoms with van der Waals surface area (Å²) in [6, 6.07) is 4.70. The van der Waals surface area contributed by atoms with E-state index in [2.05, 4.69) is 0 Å². The van der Waals surface area contributed by atoms with Gasteiger partial charge in [-0.3, -0.25) is 0 Å². The Hall–Kier alpha value is -1.55. The molecular formula is C10H7ClO4. The van der Waals surface area contributed by atoms with E-state index in [9.17, 15) is 9.59 Å². The summed E-state index contributed by atoms with van der Waals surface area (Å²) in [5.74, 6) is -1.76. The van der Waals surface area contributed by atoms with E-state index in [0.717, 1.165) is 0 Å². The summed E-state index contributed by atoms with van der Waals surface area (Å²) in [5.41, 5.74) is 1.00. The van der Waals surface area contributed by atoms with Gasteiger partial charge in [0.15, 0.2) is 0 Å². The van der Waals surface area contributed by atoms with Gasteiger partial charge in [-0.05, 0) is 23.8 Å². The molecule has 15 heavy (non-hydrogen) atoms. The molecule has 5 heteroatoms. The monoisotopic (exact) mass is 226 g/mol. The second kappa shape index (κ2) is 3.55. The molecule has 0 aromatic heterocycles. The predicted octanol–water partition coefficient (Wildman–Crippen LogP) is 1.51. The first kappa shape index (κ1) is 9.98. The highest BCUT2D eigenvalue weighted by atomic mass is 35.5. The Kier molecular flexibility index (Phi) is 2.36. The third-order valence-electron chi connectivity index (χ3n) is 2.22. The zero-order valence-corrected chi connectivity index (χ0v) is 8.32. The summed E-state index contributed by atoms with van der Waals surface area (Å²) in [7, 11) is 0. The fraction of sp³-hybridized carbons (Fsp3) is 0.200. The highest BCUT2D eigenvalue weighted by Gasteiger charge is 2.30. The normalized spacial score (nSPS) is 19.3. The first-order valence-corrected chi connectivity index (χ1v) is 4.68. The van der Waals surface area contributed by atoms with Gasteiger partial charge in [0.05, 0.1) is 5.56 Å². The van der Waals surface area contributed by atoms with Crippen LogP contribution in [0.25, 0.3) is 0 Å². The van der Waals surface area contributed by atoms with Crippen molar-refractivity contribution in [3.63, 3.8) is 0 Å². The second-order valence-electron chi connectivity index (χ2n) is 3.24. The maximum Gasteiger partial charge on any atom is 0.345 e. The van der Waals surface area contributed by atoms with Crippen LogP contribution in [0.1, 0.15) is 15.9 Å². The van der Waals surface area contributed by atoms with Crippen molar-refractivity contribution in [3.05, 3.63) is 34.3 Å². The van der Waals surface area contributed by atoms with Crippen molar-refractivity contribution in [2.24, 2.45) is 0 Å². The summed E-state index contributed by atoms with van der Waals surface area (Å²) < 4.78 is 4.73. The van der Waals surface area contributed by atoms with E-state index in [-0.39, 0.29) is 6.42 Å². The molecule has 0 unspecified atom stereocenters. The number of carboxylic acid groups (broad SMARTS) is 1. The van der Waals surface area contributed by atoms with Crippen LogP contribution in [0.3, 0.4) is 0 Å². The van der Waals surface area contributed by atoms with Crippen molar-refractivity contribution < 1.29 is 19.4 Å². The second-order valence-corrected chi connectivity index (χ2v) is 3.67. The lowest BCUT2D eigenvalue weighted by Gasteiger charge is -2.21. The van der Waals surface area contributed by atoms with Crippen LogP contribution < -0.4 is 0 Å². The topological polar surface area (TPSA) is 63.6 Å². The number of halogens is 1. The number of hydrogen-bond donors (Lipinski definition) is 1. The summed E-state index contributed by atoms with van der Waals surface area (Å²) in [6.45, 7) is 0. The molecule has 1 aliphatic rings. The average Bonchev–Trinajstić information content (AvgIpc) is 2.16.